The molecule has 0 radical (unpaired) electrons. The van der Waals surface area contributed by atoms with Gasteiger partial charge < -0.3 is 0 Å². The largest absolute Gasteiger partial charge is 0.522 e. The van der Waals surface area contributed by atoms with Crippen molar-refractivity contribution in [2.45, 2.75) is 163 Å². The van der Waals surface area contributed by atoms with E-state index in [0.29, 0.717) is 0 Å². The normalized spacial score (nSPS) is 11.9. The van der Waals surface area contributed by atoms with Crippen LogP contribution >= 0.6 is 7.92 Å². The highest BCUT2D eigenvalue weighted by molar-refractivity contribution is 7.86. The number of hydrogen-bond acceptors (Lipinski definition) is 2. The van der Waals surface area contributed by atoms with Crippen LogP contribution in [0.4, 0.5) is 13.2 Å². The van der Waals surface area contributed by atoms with Gasteiger partial charge in [0.2, 0.25) is 0 Å². The fourth-order valence-electron chi connectivity index (χ4n) is 6.47. The summed E-state index contributed by atoms with van der Waals surface area (Å²) in [5.74, 6) is 0. The molecule has 0 bridgehead atoms. The van der Waals surface area contributed by atoms with Crippen molar-refractivity contribution in [1.82, 2.24) is 0 Å². The molecule has 0 aliphatic carbocycles. The molecule has 0 heterocycles. The first-order valence-corrected chi connectivity index (χ1v) is 22.3. The van der Waals surface area contributed by atoms with E-state index in [4.69, 9.17) is 13.0 Å². The Hall–Kier alpha value is -2.21. The summed E-state index contributed by atoms with van der Waals surface area (Å²) < 4.78 is 57.5. The Morgan fingerprint density at radius 2 is 0.804 bits per heavy atom. The van der Waals surface area contributed by atoms with E-state index in [9.17, 15) is 13.2 Å². The van der Waals surface area contributed by atoms with Gasteiger partial charge in [-0.2, -0.15) is 21.6 Å². The van der Waals surface area contributed by atoms with Crippen molar-refractivity contribution in [2.75, 3.05) is 0 Å². The van der Waals surface area contributed by atoms with Crippen LogP contribution in [-0.4, -0.2) is 18.5 Å². The minimum atomic E-state index is -5.84. The van der Waals surface area contributed by atoms with Crippen molar-refractivity contribution in [2.24, 2.45) is 0 Å². The van der Waals surface area contributed by atoms with Crippen molar-refractivity contribution >= 4 is 34.0 Å². The first-order valence-electron chi connectivity index (χ1n) is 19.5. The second kappa shape index (κ2) is 23.5. The molecule has 286 valence electrons. The summed E-state index contributed by atoms with van der Waals surface area (Å²) in [6.07, 6.45) is 22.5. The number of benzene rings is 3. The van der Waals surface area contributed by atoms with Crippen molar-refractivity contribution < 1.29 is 26.1 Å². The van der Waals surface area contributed by atoms with E-state index < -0.39 is 23.5 Å². The molecule has 0 aromatic heterocycles. The van der Waals surface area contributed by atoms with Crippen molar-refractivity contribution in [3.8, 4) is 0 Å². The average molecular weight is 749 g/mol. The number of hydrogen-bond donors (Lipinski definition) is 1. The smallest absolute Gasteiger partial charge is 0.279 e. The quantitative estimate of drug-likeness (QED) is 0.0670. The zero-order valence-electron chi connectivity index (χ0n) is 32.2. The molecule has 0 saturated heterocycles. The van der Waals surface area contributed by atoms with E-state index in [1.165, 1.54) is 116 Å². The lowest BCUT2D eigenvalue weighted by Gasteiger charge is -2.31. The first-order chi connectivity index (χ1) is 24.4. The Morgan fingerprint density at radius 1 is 0.529 bits per heavy atom. The van der Waals surface area contributed by atoms with Gasteiger partial charge in [0.05, 0.1) is 0 Å². The predicted molar refractivity (Wildman–Crippen MR) is 214 cm³/mol. The summed E-state index contributed by atoms with van der Waals surface area (Å²) in [5, 5.41) is 4.99. The summed E-state index contributed by atoms with van der Waals surface area (Å²) in [7, 11) is -6.49. The van der Waals surface area contributed by atoms with Gasteiger partial charge in [0.25, 0.3) is 0 Å². The third kappa shape index (κ3) is 14.6. The topological polar surface area (TPSA) is 54.4 Å². The highest BCUT2D eigenvalue weighted by atomic mass is 32.2. The van der Waals surface area contributed by atoms with E-state index in [1.807, 2.05) is 0 Å². The molecule has 8 heteroatoms. The average Bonchev–Trinajstić information content (AvgIpc) is 3.10. The molecular weight excluding hydrogens is 685 g/mol. The minimum absolute atomic E-state index is 0.646. The van der Waals surface area contributed by atoms with Gasteiger partial charge in [-0.1, -0.05) is 135 Å². The third-order valence-electron chi connectivity index (χ3n) is 9.25. The van der Waals surface area contributed by atoms with Gasteiger partial charge >= 0.3 is 15.6 Å². The van der Waals surface area contributed by atoms with Crippen LogP contribution in [0.1, 0.15) is 152 Å². The van der Waals surface area contributed by atoms with Gasteiger partial charge in [0.15, 0.2) is 0 Å². The Bertz CT molecular complexity index is 1400. The van der Waals surface area contributed by atoms with Gasteiger partial charge in [-0.3, -0.25) is 4.55 Å². The van der Waals surface area contributed by atoms with Crippen LogP contribution in [0, 0.1) is 0 Å². The third-order valence-corrected chi connectivity index (χ3v) is 12.7. The molecule has 3 aromatic carbocycles. The van der Waals surface area contributed by atoms with Crippen LogP contribution in [0.2, 0.25) is 0 Å². The van der Waals surface area contributed by atoms with Gasteiger partial charge in [0.1, 0.15) is 0 Å². The Labute approximate surface area is 309 Å². The molecular formula is C43H64F3O3PS. The Morgan fingerprint density at radius 3 is 1.06 bits per heavy atom. The SMILES string of the molecule is CCCCc1cc(CCCC)c(P(c2ccccc2)c2c(CCCC)cc(CCCC)cc2CCCC)c(CCCC)c1.O=S(=O)(O)C(F)(F)F. The monoisotopic (exact) mass is 748 g/mol. The minimum Gasteiger partial charge on any atom is -0.279 e. The van der Waals surface area contributed by atoms with E-state index in [0.717, 1.165) is 0 Å². The molecule has 0 aliphatic heterocycles. The van der Waals surface area contributed by atoms with Gasteiger partial charge in [-0.05, 0) is 134 Å². The molecule has 0 amide bonds. The Balaban J connectivity index is 0.00000100. The van der Waals surface area contributed by atoms with Gasteiger partial charge in [-0.25, -0.2) is 0 Å². The highest BCUT2D eigenvalue weighted by Gasteiger charge is 2.44. The molecule has 0 aliphatic rings. The van der Waals surface area contributed by atoms with E-state index in [-0.39, 0.29) is 0 Å². The zero-order chi connectivity index (χ0) is 37.9. The lowest BCUT2D eigenvalue weighted by Crippen LogP contribution is -2.31. The molecule has 0 fully saturated rings. The second-order valence-corrected chi connectivity index (χ2v) is 17.2. The van der Waals surface area contributed by atoms with E-state index in [2.05, 4.69) is 96.1 Å². The Kier molecular flexibility index (Phi) is 20.7. The second-order valence-electron chi connectivity index (χ2n) is 13.7. The summed E-state index contributed by atoms with van der Waals surface area (Å²) in [4.78, 5) is 0. The van der Waals surface area contributed by atoms with Crippen LogP contribution in [-0.2, 0) is 48.6 Å². The molecule has 51 heavy (non-hydrogen) atoms. The fourth-order valence-corrected chi connectivity index (χ4v) is 9.53. The molecule has 1 N–H and O–H groups in total. The molecule has 3 aromatic rings. The van der Waals surface area contributed by atoms with Crippen molar-refractivity contribution in [3.63, 3.8) is 0 Å². The predicted octanol–water partition coefficient (Wildman–Crippen LogP) is 11.9. The fraction of sp³-hybridized carbons (Fsp3) is 0.581. The maximum absolute atomic E-state index is 10.7. The number of aryl methyl sites for hydroxylation is 6. The summed E-state index contributed by atoms with van der Waals surface area (Å²) in [6.45, 7) is 14.1. The van der Waals surface area contributed by atoms with E-state index in [1.54, 1.807) is 49.3 Å². The maximum Gasteiger partial charge on any atom is 0.522 e. The lowest BCUT2D eigenvalue weighted by atomic mass is 9.96. The molecule has 0 spiro atoms. The van der Waals surface area contributed by atoms with Crippen LogP contribution in [0.5, 0.6) is 0 Å². The molecule has 3 rings (SSSR count). The van der Waals surface area contributed by atoms with Gasteiger partial charge in [0, 0.05) is 0 Å². The number of rotatable bonds is 21. The van der Waals surface area contributed by atoms with Gasteiger partial charge in [-0.15, -0.1) is 0 Å². The first kappa shape index (κ1) is 44.9. The molecule has 0 atom stereocenters. The number of unbranched alkanes of at least 4 members (excludes halogenated alkanes) is 6. The zero-order valence-corrected chi connectivity index (χ0v) is 33.9. The summed E-state index contributed by atoms with van der Waals surface area (Å²) >= 11 is 0. The lowest BCUT2D eigenvalue weighted by molar-refractivity contribution is -0.0510. The maximum atomic E-state index is 10.7. The van der Waals surface area contributed by atoms with Crippen LogP contribution in [0.25, 0.3) is 0 Å². The molecule has 0 saturated carbocycles. The van der Waals surface area contributed by atoms with Crippen molar-refractivity contribution in [1.29, 1.82) is 0 Å². The molecule has 3 nitrogen and oxygen atoms in total. The highest BCUT2D eigenvalue weighted by Crippen LogP contribution is 2.41. The van der Waals surface area contributed by atoms with E-state index >= 15 is 0 Å². The van der Waals surface area contributed by atoms with Crippen LogP contribution < -0.4 is 15.9 Å². The van der Waals surface area contributed by atoms with Crippen LogP contribution in [0.3, 0.4) is 0 Å². The van der Waals surface area contributed by atoms with Crippen molar-refractivity contribution in [3.05, 3.63) is 88.0 Å². The number of halogens is 3. The summed E-state index contributed by atoms with van der Waals surface area (Å²) in [6, 6.07) is 22.3. The van der Waals surface area contributed by atoms with Crippen LogP contribution in [0.15, 0.2) is 54.6 Å². The molecule has 0 unspecified atom stereocenters. The summed E-state index contributed by atoms with van der Waals surface area (Å²) in [5.41, 5.74) is 4.27. The standard InChI is InChI=1S/C42H63P.CHF3O3S/c1-7-13-22-34-30-36(24-15-9-3)41(37(31-34)25-16-10-4)43(40-28-20-19-21-29-40)42-38(26-17-11-5)32-35(23-14-8-2)33-39(42)27-18-12-6;2-1(3,4)8(5,6)7/h19-21,28-33H,7-18,22-27H2,1-6H3;(H,5,6,7). The number of alkyl halides is 3.